The van der Waals surface area contributed by atoms with Gasteiger partial charge in [-0.2, -0.15) is 0 Å². The number of nitrogens with zero attached hydrogens (tertiary/aromatic N) is 1. The van der Waals surface area contributed by atoms with Crippen molar-refractivity contribution >= 4 is 17.5 Å². The number of hydrogen-bond donors (Lipinski definition) is 1. The first-order chi connectivity index (χ1) is 9.69. The van der Waals surface area contributed by atoms with Crippen molar-refractivity contribution in [3.8, 4) is 11.5 Å². The van der Waals surface area contributed by atoms with Crippen molar-refractivity contribution in [2.75, 3.05) is 19.5 Å². The van der Waals surface area contributed by atoms with Crippen LogP contribution in [0.3, 0.4) is 0 Å². The molecule has 5 heteroatoms. The van der Waals surface area contributed by atoms with Crippen LogP contribution in [0.25, 0.3) is 0 Å². The van der Waals surface area contributed by atoms with Crippen molar-refractivity contribution in [3.63, 3.8) is 0 Å². The number of hydrogen-bond acceptors (Lipinski definition) is 3. The van der Waals surface area contributed by atoms with Crippen LogP contribution in [-0.4, -0.2) is 41.5 Å². The highest BCUT2D eigenvalue weighted by atomic mass is 35.5. The quantitative estimate of drug-likeness (QED) is 0.873. The highest BCUT2D eigenvalue weighted by Gasteiger charge is 2.27. The van der Waals surface area contributed by atoms with Crippen LogP contribution in [0.5, 0.6) is 11.5 Å². The summed E-state index contributed by atoms with van der Waals surface area (Å²) in [5, 5.41) is 10.1. The van der Waals surface area contributed by atoms with Gasteiger partial charge in [0, 0.05) is 18.5 Å². The Bertz CT molecular complexity index is 478. The molecule has 1 amide bonds. The predicted molar refractivity (Wildman–Crippen MR) is 78.7 cm³/mol. The van der Waals surface area contributed by atoms with E-state index < -0.39 is 0 Å². The standard InChI is InChI=1S/C15H20ClNO3/c1-20-13-8-5-7-12(14(13)18)15(19)17-9-4-2-3-6-11(17)10-16/h5,7-8,11,18H,2-4,6,9-10H2,1H3. The average molecular weight is 298 g/mol. The summed E-state index contributed by atoms with van der Waals surface area (Å²) in [6.07, 6.45) is 4.09. The van der Waals surface area contributed by atoms with Gasteiger partial charge in [-0.05, 0) is 25.0 Å². The number of ether oxygens (including phenoxy) is 1. The van der Waals surface area contributed by atoms with E-state index in [1.54, 1.807) is 23.1 Å². The molecule has 110 valence electrons. The van der Waals surface area contributed by atoms with Gasteiger partial charge in [0.2, 0.25) is 0 Å². The molecule has 1 N–H and O–H groups in total. The number of benzene rings is 1. The summed E-state index contributed by atoms with van der Waals surface area (Å²) in [7, 11) is 1.47. The number of para-hydroxylation sites is 1. The van der Waals surface area contributed by atoms with Gasteiger partial charge in [0.25, 0.3) is 5.91 Å². The summed E-state index contributed by atoms with van der Waals surface area (Å²) < 4.78 is 5.05. The molecule has 1 aliphatic rings. The second-order valence-corrected chi connectivity index (χ2v) is 5.32. The third-order valence-electron chi connectivity index (χ3n) is 3.77. The fraction of sp³-hybridized carbons (Fsp3) is 0.533. The number of likely N-dealkylation sites (tertiary alicyclic amines) is 1. The minimum absolute atomic E-state index is 0.0391. The topological polar surface area (TPSA) is 49.8 Å². The molecular formula is C15H20ClNO3. The Hall–Kier alpha value is -1.42. The molecule has 20 heavy (non-hydrogen) atoms. The lowest BCUT2D eigenvalue weighted by atomic mass is 10.1. The number of methoxy groups -OCH3 is 1. The van der Waals surface area contributed by atoms with Gasteiger partial charge in [0.1, 0.15) is 0 Å². The van der Waals surface area contributed by atoms with Crippen LogP contribution in [0.4, 0.5) is 0 Å². The Morgan fingerprint density at radius 3 is 2.95 bits per heavy atom. The van der Waals surface area contributed by atoms with Crippen LogP contribution in [0, 0.1) is 0 Å². The molecule has 1 saturated heterocycles. The second-order valence-electron chi connectivity index (χ2n) is 5.01. The zero-order valence-electron chi connectivity index (χ0n) is 11.6. The number of alkyl halides is 1. The zero-order chi connectivity index (χ0) is 14.5. The van der Waals surface area contributed by atoms with E-state index in [0.29, 0.717) is 18.2 Å². The molecule has 1 aliphatic heterocycles. The lowest BCUT2D eigenvalue weighted by molar-refractivity contribution is 0.0696. The Labute approximate surface area is 124 Å². The van der Waals surface area contributed by atoms with Crippen LogP contribution in [-0.2, 0) is 0 Å². The summed E-state index contributed by atoms with van der Waals surface area (Å²) in [5.41, 5.74) is 0.279. The smallest absolute Gasteiger partial charge is 0.258 e. The number of rotatable bonds is 3. The van der Waals surface area contributed by atoms with Crippen LogP contribution < -0.4 is 4.74 Å². The summed E-state index contributed by atoms with van der Waals surface area (Å²) >= 11 is 6.00. The molecular weight excluding hydrogens is 278 g/mol. The highest BCUT2D eigenvalue weighted by molar-refractivity contribution is 6.18. The summed E-state index contributed by atoms with van der Waals surface area (Å²) in [6, 6.07) is 5.00. The fourth-order valence-corrected chi connectivity index (χ4v) is 2.94. The molecule has 1 fully saturated rings. The third kappa shape index (κ3) is 3.01. The van der Waals surface area contributed by atoms with Crippen LogP contribution in [0.1, 0.15) is 36.0 Å². The van der Waals surface area contributed by atoms with Gasteiger partial charge >= 0.3 is 0 Å². The molecule has 0 saturated carbocycles. The van der Waals surface area contributed by atoms with E-state index in [0.717, 1.165) is 25.7 Å². The molecule has 4 nitrogen and oxygen atoms in total. The van der Waals surface area contributed by atoms with E-state index in [-0.39, 0.29) is 23.3 Å². The Morgan fingerprint density at radius 2 is 2.25 bits per heavy atom. The lowest BCUT2D eigenvalue weighted by Gasteiger charge is -2.29. The molecule has 0 bridgehead atoms. The Morgan fingerprint density at radius 1 is 1.45 bits per heavy atom. The molecule has 0 aromatic heterocycles. The molecule has 1 unspecified atom stereocenters. The van der Waals surface area contributed by atoms with E-state index in [1.807, 2.05) is 0 Å². The summed E-state index contributed by atoms with van der Waals surface area (Å²) in [5.74, 6) is 0.468. The van der Waals surface area contributed by atoms with Crippen LogP contribution in [0.15, 0.2) is 18.2 Å². The molecule has 2 rings (SSSR count). The van der Waals surface area contributed by atoms with E-state index in [2.05, 4.69) is 0 Å². The average Bonchev–Trinajstić information content (AvgIpc) is 2.72. The van der Waals surface area contributed by atoms with Crippen molar-refractivity contribution < 1.29 is 14.6 Å². The van der Waals surface area contributed by atoms with Crippen molar-refractivity contribution in [1.82, 2.24) is 4.90 Å². The third-order valence-corrected chi connectivity index (χ3v) is 4.12. The van der Waals surface area contributed by atoms with Gasteiger partial charge in [0.15, 0.2) is 11.5 Å². The molecule has 0 spiro atoms. The number of aromatic hydroxyl groups is 1. The van der Waals surface area contributed by atoms with Gasteiger partial charge in [-0.25, -0.2) is 0 Å². The van der Waals surface area contributed by atoms with Crippen molar-refractivity contribution in [2.45, 2.75) is 31.7 Å². The van der Waals surface area contributed by atoms with Gasteiger partial charge in [-0.1, -0.05) is 18.9 Å². The van der Waals surface area contributed by atoms with Gasteiger partial charge in [-0.15, -0.1) is 11.6 Å². The number of carbonyl (C=O) groups excluding carboxylic acids is 1. The van der Waals surface area contributed by atoms with Crippen molar-refractivity contribution in [1.29, 1.82) is 0 Å². The Kier molecular flexibility index (Phi) is 5.12. The number of halogens is 1. The number of carbonyl (C=O) groups is 1. The summed E-state index contributed by atoms with van der Waals surface area (Å²) in [6.45, 7) is 0.687. The molecule has 0 radical (unpaired) electrons. The van der Waals surface area contributed by atoms with Crippen LogP contribution >= 0.6 is 11.6 Å². The second kappa shape index (κ2) is 6.84. The normalized spacial score (nSPS) is 19.5. The lowest BCUT2D eigenvalue weighted by Crippen LogP contribution is -2.41. The fourth-order valence-electron chi connectivity index (χ4n) is 2.62. The van der Waals surface area contributed by atoms with E-state index >= 15 is 0 Å². The minimum Gasteiger partial charge on any atom is -0.504 e. The molecule has 0 aliphatic carbocycles. The number of amides is 1. The maximum Gasteiger partial charge on any atom is 0.258 e. The maximum absolute atomic E-state index is 12.7. The molecule has 1 aromatic rings. The maximum atomic E-state index is 12.7. The van der Waals surface area contributed by atoms with Crippen LogP contribution in [0.2, 0.25) is 0 Å². The van der Waals surface area contributed by atoms with Crippen molar-refractivity contribution in [3.05, 3.63) is 23.8 Å². The predicted octanol–water partition coefficient (Wildman–Crippen LogP) is 3.02. The van der Waals surface area contributed by atoms with Gasteiger partial charge in [-0.3, -0.25) is 4.79 Å². The van der Waals surface area contributed by atoms with Gasteiger partial charge in [0.05, 0.1) is 12.7 Å². The Balaban J connectivity index is 2.29. The summed E-state index contributed by atoms with van der Waals surface area (Å²) in [4.78, 5) is 14.4. The van der Waals surface area contributed by atoms with Gasteiger partial charge < -0.3 is 14.7 Å². The van der Waals surface area contributed by atoms with E-state index in [9.17, 15) is 9.90 Å². The molecule has 1 atom stereocenters. The highest BCUT2D eigenvalue weighted by Crippen LogP contribution is 2.31. The number of phenolic OH excluding ortho intramolecular Hbond substituents is 1. The van der Waals surface area contributed by atoms with Crippen molar-refractivity contribution in [2.24, 2.45) is 0 Å². The van der Waals surface area contributed by atoms with E-state index in [4.69, 9.17) is 16.3 Å². The molecule has 1 heterocycles. The number of phenols is 1. The largest absolute Gasteiger partial charge is 0.504 e. The monoisotopic (exact) mass is 297 g/mol. The molecule has 1 aromatic carbocycles. The van der Waals surface area contributed by atoms with E-state index in [1.165, 1.54) is 7.11 Å². The first-order valence-electron chi connectivity index (χ1n) is 6.92. The first-order valence-corrected chi connectivity index (χ1v) is 7.45. The minimum atomic E-state index is -0.172. The SMILES string of the molecule is COc1cccc(C(=O)N2CCCCCC2CCl)c1O. The zero-order valence-corrected chi connectivity index (χ0v) is 12.4. The first kappa shape index (κ1) is 15.0.